The fraction of sp³-hybridized carbons (Fsp3) is 0.0714. The van der Waals surface area contributed by atoms with E-state index in [0.717, 1.165) is 11.0 Å². The first kappa shape index (κ1) is 13.5. The number of H-pyrrole nitrogens is 1. The smallest absolute Gasteiger partial charge is 0.272 e. The summed E-state index contributed by atoms with van der Waals surface area (Å²) >= 11 is 0. The van der Waals surface area contributed by atoms with Crippen LogP contribution < -0.4 is 11.1 Å². The van der Waals surface area contributed by atoms with Crippen molar-refractivity contribution in [3.8, 4) is 17.6 Å². The molecule has 22 heavy (non-hydrogen) atoms. The van der Waals surface area contributed by atoms with Gasteiger partial charge in [-0.3, -0.25) is 10.5 Å². The number of para-hydroxylation sites is 2. The molecule has 0 aliphatic heterocycles. The van der Waals surface area contributed by atoms with E-state index in [9.17, 15) is 4.79 Å². The monoisotopic (exact) mass is 292 g/mol. The predicted octanol–water partition coefficient (Wildman–Crippen LogP) is 1.19. The summed E-state index contributed by atoms with van der Waals surface area (Å²) in [5.41, 5.74) is 9.59. The van der Waals surface area contributed by atoms with Crippen molar-refractivity contribution in [1.29, 1.82) is 5.26 Å². The SMILES string of the molecule is N#CCNC(=O)c1cnc([NH])c(-c2nc3ccccc3[nH]2)n1. The minimum absolute atomic E-state index is 0.0294. The van der Waals surface area contributed by atoms with Crippen molar-refractivity contribution in [2.75, 3.05) is 6.54 Å². The first-order valence-electron chi connectivity index (χ1n) is 6.38. The normalized spacial score (nSPS) is 10.3. The number of amides is 1. The molecular formula is C14H10N7O. The Morgan fingerprint density at radius 3 is 2.95 bits per heavy atom. The molecule has 3 aromatic rings. The van der Waals surface area contributed by atoms with Gasteiger partial charge in [-0.05, 0) is 12.1 Å². The van der Waals surface area contributed by atoms with E-state index in [0.29, 0.717) is 5.82 Å². The van der Waals surface area contributed by atoms with Crippen molar-refractivity contribution in [3.05, 3.63) is 36.2 Å². The Morgan fingerprint density at radius 1 is 1.36 bits per heavy atom. The molecule has 0 atom stereocenters. The zero-order chi connectivity index (χ0) is 15.5. The largest absolute Gasteiger partial charge is 0.338 e. The first-order chi connectivity index (χ1) is 10.7. The van der Waals surface area contributed by atoms with Gasteiger partial charge in [0.05, 0.1) is 23.3 Å². The summed E-state index contributed by atoms with van der Waals surface area (Å²) in [5, 5.41) is 10.9. The molecule has 0 spiro atoms. The summed E-state index contributed by atoms with van der Waals surface area (Å²) in [5.74, 6) is -0.240. The van der Waals surface area contributed by atoms with Crippen LogP contribution in [0, 0.1) is 11.3 Å². The minimum Gasteiger partial charge on any atom is -0.338 e. The van der Waals surface area contributed by atoms with E-state index in [1.165, 1.54) is 6.20 Å². The number of rotatable bonds is 3. The van der Waals surface area contributed by atoms with Gasteiger partial charge in [0.2, 0.25) is 0 Å². The second-order valence-corrected chi connectivity index (χ2v) is 4.40. The maximum Gasteiger partial charge on any atom is 0.272 e. The molecular weight excluding hydrogens is 282 g/mol. The van der Waals surface area contributed by atoms with E-state index in [1.54, 1.807) is 0 Å². The van der Waals surface area contributed by atoms with E-state index in [2.05, 4.69) is 25.3 Å². The van der Waals surface area contributed by atoms with Crippen molar-refractivity contribution in [1.82, 2.24) is 31.0 Å². The van der Waals surface area contributed by atoms with Crippen LogP contribution in [0.1, 0.15) is 10.5 Å². The van der Waals surface area contributed by atoms with Crippen molar-refractivity contribution in [2.45, 2.75) is 0 Å². The Hall–Kier alpha value is -3.47. The third-order valence-electron chi connectivity index (χ3n) is 2.95. The molecule has 2 heterocycles. The molecule has 1 aromatic carbocycles. The lowest BCUT2D eigenvalue weighted by atomic mass is 10.3. The first-order valence-corrected chi connectivity index (χ1v) is 6.38. The number of nitriles is 1. The van der Waals surface area contributed by atoms with Crippen molar-refractivity contribution < 1.29 is 4.79 Å². The van der Waals surface area contributed by atoms with Crippen LogP contribution in [0.4, 0.5) is 5.82 Å². The van der Waals surface area contributed by atoms with Gasteiger partial charge in [-0.15, -0.1) is 0 Å². The second-order valence-electron chi connectivity index (χ2n) is 4.40. The lowest BCUT2D eigenvalue weighted by molar-refractivity contribution is 0.0953. The number of benzene rings is 1. The lowest BCUT2D eigenvalue weighted by Crippen LogP contribution is -2.24. The fourth-order valence-electron chi connectivity index (χ4n) is 1.94. The van der Waals surface area contributed by atoms with Crippen molar-refractivity contribution in [3.63, 3.8) is 0 Å². The average Bonchev–Trinajstić information content (AvgIpc) is 2.96. The van der Waals surface area contributed by atoms with E-state index in [1.807, 2.05) is 30.3 Å². The van der Waals surface area contributed by atoms with Gasteiger partial charge in [-0.25, -0.2) is 15.0 Å². The van der Waals surface area contributed by atoms with Crippen LogP contribution in [0.2, 0.25) is 0 Å². The highest BCUT2D eigenvalue weighted by molar-refractivity contribution is 5.93. The zero-order valence-electron chi connectivity index (χ0n) is 11.3. The number of carbonyl (C=O) groups is 1. The highest BCUT2D eigenvalue weighted by atomic mass is 16.1. The standard InChI is InChI=1S/C14H10N7O/c15-5-6-17-14(22)10-7-18-12(16)11(19-10)13-20-8-3-1-2-4-9(8)21-13/h1-4,7,16H,6H2,(H,17,22)(H,20,21). The number of nitrogens with one attached hydrogen (secondary N) is 3. The third kappa shape index (κ3) is 2.43. The number of nitrogens with zero attached hydrogens (tertiary/aromatic N) is 4. The van der Waals surface area contributed by atoms with Crippen LogP contribution in [-0.4, -0.2) is 32.4 Å². The number of carbonyl (C=O) groups excluding carboxylic acids is 1. The van der Waals surface area contributed by atoms with Crippen LogP contribution in [0.15, 0.2) is 30.5 Å². The van der Waals surface area contributed by atoms with E-state index in [-0.39, 0.29) is 23.8 Å². The van der Waals surface area contributed by atoms with Crippen LogP contribution >= 0.6 is 0 Å². The van der Waals surface area contributed by atoms with Crippen LogP contribution in [-0.2, 0) is 0 Å². The topological polar surface area (TPSA) is 131 Å². The minimum atomic E-state index is -0.522. The van der Waals surface area contributed by atoms with Crippen LogP contribution in [0.5, 0.6) is 0 Å². The molecule has 0 aliphatic carbocycles. The maximum atomic E-state index is 11.8. The van der Waals surface area contributed by atoms with Gasteiger partial charge in [0.1, 0.15) is 12.2 Å². The van der Waals surface area contributed by atoms with Crippen molar-refractivity contribution >= 4 is 22.8 Å². The molecule has 0 aliphatic rings. The molecule has 3 rings (SSSR count). The molecule has 107 valence electrons. The Labute approximate surface area is 125 Å². The summed E-state index contributed by atoms with van der Waals surface area (Å²) in [4.78, 5) is 27.2. The average molecular weight is 292 g/mol. The van der Waals surface area contributed by atoms with E-state index < -0.39 is 5.91 Å². The molecule has 2 aromatic heterocycles. The van der Waals surface area contributed by atoms with Gasteiger partial charge >= 0.3 is 0 Å². The molecule has 1 radical (unpaired) electrons. The van der Waals surface area contributed by atoms with Gasteiger partial charge in [0.15, 0.2) is 17.3 Å². The zero-order valence-corrected chi connectivity index (χ0v) is 11.3. The molecule has 0 unspecified atom stereocenters. The van der Waals surface area contributed by atoms with Gasteiger partial charge in [-0.2, -0.15) is 5.26 Å². The molecule has 8 nitrogen and oxygen atoms in total. The summed E-state index contributed by atoms with van der Waals surface area (Å²) in [6.45, 7) is -0.122. The molecule has 0 bridgehead atoms. The van der Waals surface area contributed by atoms with Gasteiger partial charge in [0, 0.05) is 0 Å². The summed E-state index contributed by atoms with van der Waals surface area (Å²) in [6, 6.07) is 9.21. The molecule has 0 saturated heterocycles. The quantitative estimate of drug-likeness (QED) is 0.700. The van der Waals surface area contributed by atoms with E-state index in [4.69, 9.17) is 11.0 Å². The summed E-state index contributed by atoms with van der Waals surface area (Å²) < 4.78 is 0. The number of aromatic nitrogens is 4. The summed E-state index contributed by atoms with van der Waals surface area (Å²) in [6.07, 6.45) is 1.20. The Bertz CT molecular complexity index is 861. The maximum absolute atomic E-state index is 11.8. The summed E-state index contributed by atoms with van der Waals surface area (Å²) in [7, 11) is 0. The molecule has 0 fully saturated rings. The lowest BCUT2D eigenvalue weighted by Gasteiger charge is -2.03. The van der Waals surface area contributed by atoms with Crippen LogP contribution in [0.25, 0.3) is 22.6 Å². The van der Waals surface area contributed by atoms with Gasteiger partial charge in [-0.1, -0.05) is 12.1 Å². The predicted molar refractivity (Wildman–Crippen MR) is 77.8 cm³/mol. The number of imidazole rings is 1. The highest BCUT2D eigenvalue weighted by Crippen LogP contribution is 2.23. The second kappa shape index (κ2) is 5.49. The molecule has 3 N–H and O–H groups in total. The molecule has 0 saturated carbocycles. The Balaban J connectivity index is 2.02. The number of aromatic amines is 1. The Kier molecular flexibility index (Phi) is 3.37. The highest BCUT2D eigenvalue weighted by Gasteiger charge is 2.15. The fourth-order valence-corrected chi connectivity index (χ4v) is 1.94. The molecule has 1 amide bonds. The van der Waals surface area contributed by atoms with E-state index >= 15 is 0 Å². The van der Waals surface area contributed by atoms with Crippen molar-refractivity contribution in [2.24, 2.45) is 0 Å². The Morgan fingerprint density at radius 2 is 2.18 bits per heavy atom. The molecule has 8 heteroatoms. The number of hydrogen-bond donors (Lipinski definition) is 2. The van der Waals surface area contributed by atoms with Gasteiger partial charge in [0.25, 0.3) is 5.91 Å². The van der Waals surface area contributed by atoms with Gasteiger partial charge < -0.3 is 10.3 Å². The number of hydrogen-bond acceptors (Lipinski definition) is 5. The van der Waals surface area contributed by atoms with Crippen LogP contribution in [0.3, 0.4) is 0 Å². The third-order valence-corrected chi connectivity index (χ3v) is 2.95. The number of fused-ring (bicyclic) bond motifs is 1.